The Kier molecular flexibility index (Phi) is 3.44. The molecular weight excluding hydrogens is 192 g/mol. The zero-order valence-electron chi connectivity index (χ0n) is 9.05. The standard InChI is InChI=1S/C11H14N2O2/c1-7(14)9-4-5-10(12-3)11(6-9)13-8(2)15/h4-6,12H,1-3H3,(H,13,15). The first-order valence-corrected chi connectivity index (χ1v) is 4.65. The Bertz CT molecular complexity index is 400. The van der Waals surface area contributed by atoms with Crippen molar-refractivity contribution in [2.24, 2.45) is 0 Å². The first-order valence-electron chi connectivity index (χ1n) is 4.65. The second kappa shape index (κ2) is 4.59. The number of benzene rings is 1. The molecule has 1 rings (SSSR count). The lowest BCUT2D eigenvalue weighted by molar-refractivity contribution is -0.114. The fourth-order valence-corrected chi connectivity index (χ4v) is 1.27. The molecule has 0 saturated heterocycles. The third-order valence-corrected chi connectivity index (χ3v) is 2.01. The Balaban J connectivity index is 3.12. The molecular formula is C11H14N2O2. The fraction of sp³-hybridized carbons (Fsp3) is 0.273. The van der Waals surface area contributed by atoms with Gasteiger partial charge in [-0.15, -0.1) is 0 Å². The number of amides is 1. The highest BCUT2D eigenvalue weighted by molar-refractivity contribution is 5.99. The highest BCUT2D eigenvalue weighted by Crippen LogP contribution is 2.22. The number of carbonyl (C=O) groups excluding carboxylic acids is 2. The topological polar surface area (TPSA) is 58.2 Å². The number of hydrogen-bond donors (Lipinski definition) is 2. The summed E-state index contributed by atoms with van der Waals surface area (Å²) in [5.74, 6) is -0.184. The number of ketones is 1. The van der Waals surface area contributed by atoms with Crippen LogP contribution >= 0.6 is 0 Å². The number of carbonyl (C=O) groups is 2. The van der Waals surface area contributed by atoms with Gasteiger partial charge in [-0.3, -0.25) is 9.59 Å². The normalized spacial score (nSPS) is 9.53. The van der Waals surface area contributed by atoms with Crippen molar-refractivity contribution in [3.05, 3.63) is 23.8 Å². The molecule has 0 aliphatic rings. The summed E-state index contributed by atoms with van der Waals surface area (Å²) in [6, 6.07) is 5.15. The van der Waals surface area contributed by atoms with Crippen LogP contribution in [-0.2, 0) is 4.79 Å². The minimum absolute atomic E-state index is 0.0238. The van der Waals surface area contributed by atoms with Gasteiger partial charge in [-0.2, -0.15) is 0 Å². The SMILES string of the molecule is CNc1ccc(C(C)=O)cc1NC(C)=O. The van der Waals surface area contributed by atoms with Crippen molar-refractivity contribution in [2.75, 3.05) is 17.7 Å². The van der Waals surface area contributed by atoms with Crippen molar-refractivity contribution in [1.82, 2.24) is 0 Å². The maximum atomic E-state index is 11.1. The van der Waals surface area contributed by atoms with Crippen LogP contribution < -0.4 is 10.6 Å². The maximum absolute atomic E-state index is 11.1. The van der Waals surface area contributed by atoms with E-state index in [0.717, 1.165) is 5.69 Å². The molecule has 0 fully saturated rings. The first kappa shape index (κ1) is 11.2. The van der Waals surface area contributed by atoms with Gasteiger partial charge in [0.15, 0.2) is 5.78 Å². The lowest BCUT2D eigenvalue weighted by Gasteiger charge is -2.10. The Hall–Kier alpha value is -1.84. The van der Waals surface area contributed by atoms with Gasteiger partial charge in [0.1, 0.15) is 0 Å². The summed E-state index contributed by atoms with van der Waals surface area (Å²) in [6.45, 7) is 2.92. The predicted octanol–water partition coefficient (Wildman–Crippen LogP) is 1.89. The summed E-state index contributed by atoms with van der Waals surface area (Å²) < 4.78 is 0. The summed E-state index contributed by atoms with van der Waals surface area (Å²) in [6.07, 6.45) is 0. The number of rotatable bonds is 3. The summed E-state index contributed by atoms with van der Waals surface area (Å²) >= 11 is 0. The van der Waals surface area contributed by atoms with E-state index < -0.39 is 0 Å². The molecule has 0 bridgehead atoms. The average molecular weight is 206 g/mol. The first-order chi connectivity index (χ1) is 7.04. The van der Waals surface area contributed by atoms with E-state index in [4.69, 9.17) is 0 Å². The minimum Gasteiger partial charge on any atom is -0.386 e. The van der Waals surface area contributed by atoms with Gasteiger partial charge >= 0.3 is 0 Å². The second-order valence-electron chi connectivity index (χ2n) is 3.25. The monoisotopic (exact) mass is 206 g/mol. The van der Waals surface area contributed by atoms with E-state index in [0.29, 0.717) is 11.3 Å². The second-order valence-corrected chi connectivity index (χ2v) is 3.25. The highest BCUT2D eigenvalue weighted by atomic mass is 16.1. The highest BCUT2D eigenvalue weighted by Gasteiger charge is 2.06. The lowest BCUT2D eigenvalue weighted by Crippen LogP contribution is -2.09. The van der Waals surface area contributed by atoms with Crippen LogP contribution in [0.1, 0.15) is 24.2 Å². The van der Waals surface area contributed by atoms with Crippen molar-refractivity contribution < 1.29 is 9.59 Å². The van der Waals surface area contributed by atoms with Gasteiger partial charge in [-0.25, -0.2) is 0 Å². The van der Waals surface area contributed by atoms with Gasteiger partial charge in [0.2, 0.25) is 5.91 Å². The summed E-state index contributed by atoms with van der Waals surface area (Å²) in [7, 11) is 1.76. The zero-order valence-corrected chi connectivity index (χ0v) is 9.05. The lowest BCUT2D eigenvalue weighted by atomic mass is 10.1. The number of anilines is 2. The van der Waals surface area contributed by atoms with Gasteiger partial charge in [-0.05, 0) is 25.1 Å². The van der Waals surface area contributed by atoms with Gasteiger partial charge in [-0.1, -0.05) is 0 Å². The van der Waals surface area contributed by atoms with E-state index in [1.807, 2.05) is 0 Å². The van der Waals surface area contributed by atoms with Crippen molar-refractivity contribution in [3.8, 4) is 0 Å². The summed E-state index contributed by atoms with van der Waals surface area (Å²) in [4.78, 5) is 22.1. The number of Topliss-reactive ketones (excluding diaryl/α,β-unsaturated/α-hetero) is 1. The molecule has 0 atom stereocenters. The van der Waals surface area contributed by atoms with Crippen molar-refractivity contribution >= 4 is 23.1 Å². The van der Waals surface area contributed by atoms with E-state index >= 15 is 0 Å². The molecule has 0 heterocycles. The molecule has 0 saturated carbocycles. The molecule has 2 N–H and O–H groups in total. The van der Waals surface area contributed by atoms with Crippen molar-refractivity contribution in [3.63, 3.8) is 0 Å². The van der Waals surface area contributed by atoms with Gasteiger partial charge in [0.05, 0.1) is 11.4 Å². The molecule has 0 aromatic heterocycles. The minimum atomic E-state index is -0.160. The van der Waals surface area contributed by atoms with E-state index in [1.165, 1.54) is 13.8 Å². The largest absolute Gasteiger partial charge is 0.386 e. The van der Waals surface area contributed by atoms with Crippen LogP contribution in [0.5, 0.6) is 0 Å². The third kappa shape index (κ3) is 2.80. The van der Waals surface area contributed by atoms with Crippen molar-refractivity contribution in [2.45, 2.75) is 13.8 Å². The van der Waals surface area contributed by atoms with Crippen molar-refractivity contribution in [1.29, 1.82) is 0 Å². The molecule has 0 spiro atoms. The molecule has 1 aromatic carbocycles. The predicted molar refractivity (Wildman–Crippen MR) is 60.3 cm³/mol. The van der Waals surface area contributed by atoms with Gasteiger partial charge in [0.25, 0.3) is 0 Å². The molecule has 0 aliphatic heterocycles. The van der Waals surface area contributed by atoms with Crippen LogP contribution in [0, 0.1) is 0 Å². The molecule has 15 heavy (non-hydrogen) atoms. The van der Waals surface area contributed by atoms with Crippen LogP contribution in [-0.4, -0.2) is 18.7 Å². The molecule has 0 aliphatic carbocycles. The van der Waals surface area contributed by atoms with E-state index in [-0.39, 0.29) is 11.7 Å². The molecule has 4 nitrogen and oxygen atoms in total. The number of nitrogens with one attached hydrogen (secondary N) is 2. The maximum Gasteiger partial charge on any atom is 0.221 e. The van der Waals surface area contributed by atoms with Gasteiger partial charge < -0.3 is 10.6 Å². The third-order valence-electron chi connectivity index (χ3n) is 2.01. The molecule has 1 aromatic rings. The van der Waals surface area contributed by atoms with Crippen LogP contribution in [0.4, 0.5) is 11.4 Å². The van der Waals surface area contributed by atoms with Gasteiger partial charge in [0, 0.05) is 19.5 Å². The van der Waals surface area contributed by atoms with Crippen LogP contribution in [0.3, 0.4) is 0 Å². The molecule has 0 unspecified atom stereocenters. The van der Waals surface area contributed by atoms with E-state index in [9.17, 15) is 9.59 Å². The van der Waals surface area contributed by atoms with Crippen LogP contribution in [0.25, 0.3) is 0 Å². The summed E-state index contributed by atoms with van der Waals surface area (Å²) in [5, 5.41) is 5.61. The number of hydrogen-bond acceptors (Lipinski definition) is 3. The fourth-order valence-electron chi connectivity index (χ4n) is 1.27. The average Bonchev–Trinajstić information content (AvgIpc) is 2.16. The molecule has 4 heteroatoms. The quantitative estimate of drug-likeness (QED) is 0.742. The Labute approximate surface area is 88.7 Å². The molecule has 1 amide bonds. The molecule has 80 valence electrons. The van der Waals surface area contributed by atoms with Crippen LogP contribution in [0.2, 0.25) is 0 Å². The van der Waals surface area contributed by atoms with E-state index in [1.54, 1.807) is 25.2 Å². The Morgan fingerprint density at radius 3 is 2.27 bits per heavy atom. The summed E-state index contributed by atoms with van der Waals surface area (Å²) in [5.41, 5.74) is 1.99. The Morgan fingerprint density at radius 1 is 1.13 bits per heavy atom. The molecule has 0 radical (unpaired) electrons. The van der Waals surface area contributed by atoms with E-state index in [2.05, 4.69) is 10.6 Å². The Morgan fingerprint density at radius 2 is 1.80 bits per heavy atom. The zero-order chi connectivity index (χ0) is 11.4. The smallest absolute Gasteiger partial charge is 0.221 e. The van der Waals surface area contributed by atoms with Crippen LogP contribution in [0.15, 0.2) is 18.2 Å².